The smallest absolute Gasteiger partial charge is 0.0460 e. The van der Waals surface area contributed by atoms with Gasteiger partial charge in [0.2, 0.25) is 0 Å². The van der Waals surface area contributed by atoms with Gasteiger partial charge < -0.3 is 0 Å². The maximum absolute atomic E-state index is 6.14. The van der Waals surface area contributed by atoms with Crippen LogP contribution in [0, 0.1) is 12.3 Å². The first-order valence-electron chi connectivity index (χ1n) is 6.05. The first-order chi connectivity index (χ1) is 7.83. The molecule has 0 saturated heterocycles. The molecule has 2 nitrogen and oxygen atoms in total. The van der Waals surface area contributed by atoms with Crippen LogP contribution in [0.25, 0.3) is 0 Å². The molecule has 0 saturated carbocycles. The Balaban J connectivity index is 2.76. The Morgan fingerprint density at radius 2 is 2.00 bits per heavy atom. The van der Waals surface area contributed by atoms with Crippen LogP contribution in [0.1, 0.15) is 50.8 Å². The van der Waals surface area contributed by atoms with Crippen LogP contribution in [0.3, 0.4) is 0 Å². The van der Waals surface area contributed by atoms with Crippen LogP contribution in [0.5, 0.6) is 0 Å². The van der Waals surface area contributed by atoms with Gasteiger partial charge in [0.15, 0.2) is 0 Å². The Morgan fingerprint density at radius 1 is 1.35 bits per heavy atom. The zero-order valence-electron chi connectivity index (χ0n) is 11.2. The topological polar surface area (TPSA) is 38.0 Å². The van der Waals surface area contributed by atoms with E-state index in [4.69, 9.17) is 17.4 Å². The summed E-state index contributed by atoms with van der Waals surface area (Å²) in [6, 6.07) is 6.31. The van der Waals surface area contributed by atoms with Crippen molar-refractivity contribution in [1.82, 2.24) is 5.43 Å². The summed E-state index contributed by atoms with van der Waals surface area (Å²) < 4.78 is 0. The Bertz CT molecular complexity index is 369. The maximum Gasteiger partial charge on any atom is 0.0460 e. The molecule has 1 aromatic carbocycles. The summed E-state index contributed by atoms with van der Waals surface area (Å²) in [6.07, 6.45) is 2.13. The van der Waals surface area contributed by atoms with E-state index in [0.717, 1.165) is 29.0 Å². The van der Waals surface area contributed by atoms with Gasteiger partial charge in [0, 0.05) is 11.1 Å². The highest BCUT2D eigenvalue weighted by atomic mass is 35.5. The second-order valence-corrected chi connectivity index (χ2v) is 6.23. The average Bonchev–Trinajstić information content (AvgIpc) is 2.22. The lowest BCUT2D eigenvalue weighted by atomic mass is 9.87. The van der Waals surface area contributed by atoms with Crippen molar-refractivity contribution >= 4 is 11.6 Å². The number of nitrogens with one attached hydrogen (secondary N) is 1. The number of hydrogen-bond acceptors (Lipinski definition) is 2. The van der Waals surface area contributed by atoms with Gasteiger partial charge in [-0.05, 0) is 42.4 Å². The van der Waals surface area contributed by atoms with Crippen molar-refractivity contribution in [2.24, 2.45) is 11.3 Å². The van der Waals surface area contributed by atoms with E-state index in [0.29, 0.717) is 5.41 Å². The van der Waals surface area contributed by atoms with E-state index in [9.17, 15) is 0 Å². The van der Waals surface area contributed by atoms with Gasteiger partial charge in [0.05, 0.1) is 0 Å². The quantitative estimate of drug-likeness (QED) is 0.630. The molecule has 17 heavy (non-hydrogen) atoms. The van der Waals surface area contributed by atoms with Crippen LogP contribution in [-0.4, -0.2) is 0 Å². The monoisotopic (exact) mass is 254 g/mol. The first-order valence-corrected chi connectivity index (χ1v) is 6.43. The third kappa shape index (κ3) is 4.66. The number of halogens is 1. The number of nitrogens with two attached hydrogens (primary N) is 1. The third-order valence-corrected chi connectivity index (χ3v) is 3.39. The zero-order chi connectivity index (χ0) is 13.1. The lowest BCUT2D eigenvalue weighted by Crippen LogP contribution is -2.29. The average molecular weight is 255 g/mol. The molecule has 0 amide bonds. The van der Waals surface area contributed by atoms with E-state index < -0.39 is 0 Å². The van der Waals surface area contributed by atoms with Gasteiger partial charge in [-0.1, -0.05) is 44.5 Å². The zero-order valence-corrected chi connectivity index (χ0v) is 11.9. The molecule has 0 aliphatic heterocycles. The number of hydrogen-bond donors (Lipinski definition) is 2. The predicted octanol–water partition coefficient (Wildman–Crippen LogP) is 3.98. The molecule has 1 aromatic rings. The van der Waals surface area contributed by atoms with Crippen LogP contribution >= 0.6 is 11.6 Å². The fourth-order valence-corrected chi connectivity index (χ4v) is 1.94. The highest BCUT2D eigenvalue weighted by molar-refractivity contribution is 6.31. The molecular weight excluding hydrogens is 232 g/mol. The van der Waals surface area contributed by atoms with E-state index in [1.807, 2.05) is 19.1 Å². The van der Waals surface area contributed by atoms with Gasteiger partial charge in [-0.3, -0.25) is 11.3 Å². The molecule has 3 N–H and O–H groups in total. The van der Waals surface area contributed by atoms with Crippen LogP contribution in [0.15, 0.2) is 18.2 Å². The highest BCUT2D eigenvalue weighted by Gasteiger charge is 2.16. The second kappa shape index (κ2) is 5.85. The van der Waals surface area contributed by atoms with Gasteiger partial charge in [-0.15, -0.1) is 0 Å². The number of rotatable bonds is 4. The van der Waals surface area contributed by atoms with Crippen molar-refractivity contribution in [3.05, 3.63) is 34.3 Å². The van der Waals surface area contributed by atoms with Crippen molar-refractivity contribution in [3.8, 4) is 0 Å². The van der Waals surface area contributed by atoms with Gasteiger partial charge in [0.1, 0.15) is 0 Å². The summed E-state index contributed by atoms with van der Waals surface area (Å²) in [6.45, 7) is 8.72. The Morgan fingerprint density at radius 3 is 2.47 bits per heavy atom. The van der Waals surface area contributed by atoms with Crippen LogP contribution in [-0.2, 0) is 0 Å². The first kappa shape index (κ1) is 14.5. The molecule has 0 aliphatic carbocycles. The van der Waals surface area contributed by atoms with Crippen molar-refractivity contribution in [2.45, 2.75) is 46.6 Å². The van der Waals surface area contributed by atoms with Crippen molar-refractivity contribution in [3.63, 3.8) is 0 Å². The second-order valence-electron chi connectivity index (χ2n) is 5.83. The minimum absolute atomic E-state index is 0.173. The Kier molecular flexibility index (Phi) is 4.99. The Hall–Kier alpha value is -0.570. The molecule has 1 unspecified atom stereocenters. The Labute approximate surface area is 110 Å². The van der Waals surface area contributed by atoms with Crippen molar-refractivity contribution < 1.29 is 0 Å². The number of aryl methyl sites for hydroxylation is 1. The lowest BCUT2D eigenvalue weighted by Gasteiger charge is -2.23. The molecule has 0 spiro atoms. The minimum atomic E-state index is 0.173. The predicted molar refractivity (Wildman–Crippen MR) is 74.9 cm³/mol. The number of benzene rings is 1. The van der Waals surface area contributed by atoms with Crippen LogP contribution < -0.4 is 11.3 Å². The summed E-state index contributed by atoms with van der Waals surface area (Å²) >= 11 is 6.14. The standard InChI is InChI=1S/C14H23ClN2/c1-10-5-6-11(9-12(10)15)13(17-16)7-8-14(2,3)4/h5-6,9,13,17H,7-8,16H2,1-4H3. The highest BCUT2D eigenvalue weighted by Crippen LogP contribution is 2.28. The summed E-state index contributed by atoms with van der Waals surface area (Å²) in [7, 11) is 0. The van der Waals surface area contributed by atoms with Gasteiger partial charge >= 0.3 is 0 Å². The van der Waals surface area contributed by atoms with Crippen LogP contribution in [0.4, 0.5) is 0 Å². The molecule has 0 fully saturated rings. The summed E-state index contributed by atoms with van der Waals surface area (Å²) in [5, 5.41) is 0.804. The van der Waals surface area contributed by atoms with Crippen molar-refractivity contribution in [1.29, 1.82) is 0 Å². The largest absolute Gasteiger partial charge is 0.271 e. The molecule has 0 aliphatic rings. The molecular formula is C14H23ClN2. The SMILES string of the molecule is Cc1ccc(C(CCC(C)(C)C)NN)cc1Cl. The van der Waals surface area contributed by atoms with Crippen molar-refractivity contribution in [2.75, 3.05) is 0 Å². The lowest BCUT2D eigenvalue weighted by molar-refractivity contribution is 0.333. The molecule has 1 rings (SSSR count). The van der Waals surface area contributed by atoms with E-state index in [1.54, 1.807) is 0 Å². The van der Waals surface area contributed by atoms with E-state index in [2.05, 4.69) is 32.3 Å². The molecule has 0 bridgehead atoms. The normalized spacial score (nSPS) is 13.8. The molecule has 0 aromatic heterocycles. The third-order valence-electron chi connectivity index (χ3n) is 2.98. The fourth-order valence-electron chi connectivity index (χ4n) is 1.75. The summed E-state index contributed by atoms with van der Waals surface area (Å²) in [5.74, 6) is 5.63. The van der Waals surface area contributed by atoms with E-state index in [1.165, 1.54) is 0 Å². The fraction of sp³-hybridized carbons (Fsp3) is 0.571. The molecule has 3 heteroatoms. The number of hydrazine groups is 1. The molecule has 96 valence electrons. The van der Waals surface area contributed by atoms with E-state index >= 15 is 0 Å². The van der Waals surface area contributed by atoms with Gasteiger partial charge in [-0.2, -0.15) is 0 Å². The molecule has 1 atom stereocenters. The summed E-state index contributed by atoms with van der Waals surface area (Å²) in [5.41, 5.74) is 5.46. The van der Waals surface area contributed by atoms with E-state index in [-0.39, 0.29) is 6.04 Å². The summed E-state index contributed by atoms with van der Waals surface area (Å²) in [4.78, 5) is 0. The van der Waals surface area contributed by atoms with Crippen LogP contribution in [0.2, 0.25) is 5.02 Å². The van der Waals surface area contributed by atoms with Gasteiger partial charge in [-0.25, -0.2) is 0 Å². The minimum Gasteiger partial charge on any atom is -0.271 e. The molecule has 0 radical (unpaired) electrons. The molecule has 0 heterocycles. The maximum atomic E-state index is 6.14. The van der Waals surface area contributed by atoms with Gasteiger partial charge in [0.25, 0.3) is 0 Å².